The third-order valence-corrected chi connectivity index (χ3v) is 5.24. The number of carbonyl (C=O) groups is 2. The summed E-state index contributed by atoms with van der Waals surface area (Å²) in [6, 6.07) is 14.1. The number of carboxylic acid groups (broad SMARTS) is 2. The highest BCUT2D eigenvalue weighted by Gasteiger charge is 2.25. The van der Waals surface area contributed by atoms with Crippen molar-refractivity contribution in [3.8, 4) is 11.1 Å². The fourth-order valence-electron chi connectivity index (χ4n) is 2.40. The van der Waals surface area contributed by atoms with E-state index in [4.69, 9.17) is 10.2 Å². The Morgan fingerprint density at radius 1 is 0.923 bits per heavy atom. The number of carboxylic acids is 2. The summed E-state index contributed by atoms with van der Waals surface area (Å²) in [6.07, 6.45) is -0.276. The molecule has 2 rings (SSSR count). The average molecular weight is 377 g/mol. The number of hydrogen-bond donors (Lipinski definition) is 3. The van der Waals surface area contributed by atoms with Gasteiger partial charge in [-0.2, -0.15) is 4.72 Å². The van der Waals surface area contributed by atoms with Gasteiger partial charge in [0.2, 0.25) is 10.0 Å². The van der Waals surface area contributed by atoms with Crippen LogP contribution in [0.1, 0.15) is 19.3 Å². The topological polar surface area (TPSA) is 121 Å². The monoisotopic (exact) mass is 377 g/mol. The highest BCUT2D eigenvalue weighted by atomic mass is 32.2. The summed E-state index contributed by atoms with van der Waals surface area (Å²) in [5.41, 5.74) is 1.77. The maximum atomic E-state index is 12.4. The maximum Gasteiger partial charge on any atom is 0.321 e. The molecule has 1 unspecified atom stereocenters. The first kappa shape index (κ1) is 19.6. The first-order valence-electron chi connectivity index (χ1n) is 7.92. The van der Waals surface area contributed by atoms with E-state index in [1.165, 1.54) is 12.1 Å². The highest BCUT2D eigenvalue weighted by Crippen LogP contribution is 2.21. The van der Waals surface area contributed by atoms with Crippen molar-refractivity contribution in [2.45, 2.75) is 30.2 Å². The quantitative estimate of drug-likeness (QED) is 0.617. The molecular weight excluding hydrogens is 358 g/mol. The number of nitrogens with one attached hydrogen (secondary N) is 1. The minimum atomic E-state index is -4.03. The zero-order valence-electron chi connectivity index (χ0n) is 13.8. The molecule has 0 fully saturated rings. The van der Waals surface area contributed by atoms with Crippen LogP contribution in [0.4, 0.5) is 0 Å². The lowest BCUT2D eigenvalue weighted by Gasteiger charge is -2.14. The van der Waals surface area contributed by atoms with Gasteiger partial charge in [-0.15, -0.1) is 0 Å². The molecule has 2 aromatic rings. The van der Waals surface area contributed by atoms with Crippen molar-refractivity contribution in [2.24, 2.45) is 0 Å². The zero-order valence-corrected chi connectivity index (χ0v) is 14.6. The van der Waals surface area contributed by atoms with E-state index in [2.05, 4.69) is 4.72 Å². The molecule has 0 bridgehead atoms. The maximum absolute atomic E-state index is 12.4. The third kappa shape index (κ3) is 5.40. The van der Waals surface area contributed by atoms with Crippen LogP contribution >= 0.6 is 0 Å². The van der Waals surface area contributed by atoms with Gasteiger partial charge in [0, 0.05) is 6.42 Å². The first-order valence-corrected chi connectivity index (χ1v) is 9.40. The molecule has 138 valence electrons. The number of aliphatic carboxylic acids is 2. The molecule has 3 N–H and O–H groups in total. The van der Waals surface area contributed by atoms with Crippen LogP contribution in [0.15, 0.2) is 59.5 Å². The lowest BCUT2D eigenvalue weighted by atomic mass is 10.1. The molecule has 0 saturated carbocycles. The third-order valence-electron chi connectivity index (χ3n) is 3.75. The van der Waals surface area contributed by atoms with Gasteiger partial charge in [0.25, 0.3) is 0 Å². The van der Waals surface area contributed by atoms with Crippen LogP contribution in [0, 0.1) is 0 Å². The second-order valence-electron chi connectivity index (χ2n) is 5.69. The van der Waals surface area contributed by atoms with Gasteiger partial charge in [0.05, 0.1) is 4.90 Å². The van der Waals surface area contributed by atoms with E-state index in [1.54, 1.807) is 12.1 Å². The van der Waals surface area contributed by atoms with Crippen molar-refractivity contribution in [3.63, 3.8) is 0 Å². The van der Waals surface area contributed by atoms with E-state index in [0.717, 1.165) is 11.1 Å². The molecule has 8 heteroatoms. The summed E-state index contributed by atoms with van der Waals surface area (Å²) in [6.45, 7) is 0. The first-order chi connectivity index (χ1) is 12.3. The normalized spacial score (nSPS) is 12.5. The largest absolute Gasteiger partial charge is 0.481 e. The molecule has 1 atom stereocenters. The molecule has 26 heavy (non-hydrogen) atoms. The average Bonchev–Trinajstić information content (AvgIpc) is 2.61. The predicted octanol–water partition coefficient (Wildman–Crippen LogP) is 2.34. The summed E-state index contributed by atoms with van der Waals surface area (Å²) in [5, 5.41) is 17.8. The van der Waals surface area contributed by atoms with E-state index in [0.29, 0.717) is 0 Å². The molecule has 2 aromatic carbocycles. The summed E-state index contributed by atoms with van der Waals surface area (Å²) < 4.78 is 26.9. The Labute approximate surface area is 151 Å². The Morgan fingerprint density at radius 2 is 1.50 bits per heavy atom. The standard InChI is InChI=1S/C18H19NO6S/c20-17(21)8-4-7-16(18(22)23)19-26(24,25)15-11-9-14(10-12-15)13-5-2-1-3-6-13/h1-3,5-6,9-12,16,19H,4,7-8H2,(H,20,21)(H,22,23). The van der Waals surface area contributed by atoms with Crippen molar-refractivity contribution in [1.82, 2.24) is 4.72 Å². The number of benzene rings is 2. The second kappa shape index (κ2) is 8.59. The van der Waals surface area contributed by atoms with Gasteiger partial charge >= 0.3 is 11.9 Å². The number of hydrogen-bond acceptors (Lipinski definition) is 4. The van der Waals surface area contributed by atoms with Crippen LogP contribution in [0.2, 0.25) is 0 Å². The second-order valence-corrected chi connectivity index (χ2v) is 7.40. The Kier molecular flexibility index (Phi) is 6.48. The molecule has 7 nitrogen and oxygen atoms in total. The minimum Gasteiger partial charge on any atom is -0.481 e. The molecule has 0 aliphatic carbocycles. The van der Waals surface area contributed by atoms with Crippen molar-refractivity contribution < 1.29 is 28.2 Å². The van der Waals surface area contributed by atoms with E-state index in [-0.39, 0.29) is 24.2 Å². The molecule has 0 aromatic heterocycles. The van der Waals surface area contributed by atoms with Crippen LogP contribution in [0.5, 0.6) is 0 Å². The van der Waals surface area contributed by atoms with Crippen LogP contribution in [-0.4, -0.2) is 36.6 Å². The van der Waals surface area contributed by atoms with E-state index >= 15 is 0 Å². The van der Waals surface area contributed by atoms with Crippen molar-refractivity contribution in [1.29, 1.82) is 0 Å². The predicted molar refractivity (Wildman–Crippen MR) is 95.1 cm³/mol. The summed E-state index contributed by atoms with van der Waals surface area (Å²) in [4.78, 5) is 21.7. The van der Waals surface area contributed by atoms with Crippen molar-refractivity contribution in [3.05, 3.63) is 54.6 Å². The SMILES string of the molecule is O=C(O)CCCC(NS(=O)(=O)c1ccc(-c2ccccc2)cc1)C(=O)O. The van der Waals surface area contributed by atoms with Crippen molar-refractivity contribution in [2.75, 3.05) is 0 Å². The van der Waals surface area contributed by atoms with E-state index < -0.39 is 28.0 Å². The number of rotatable bonds is 9. The molecule has 0 heterocycles. The molecular formula is C18H19NO6S. The fraction of sp³-hybridized carbons (Fsp3) is 0.222. The Bertz CT molecular complexity index is 862. The lowest BCUT2D eigenvalue weighted by molar-refractivity contribution is -0.140. The highest BCUT2D eigenvalue weighted by molar-refractivity contribution is 7.89. The van der Waals surface area contributed by atoms with Crippen LogP contribution in [0.3, 0.4) is 0 Å². The molecule has 0 saturated heterocycles. The van der Waals surface area contributed by atoms with E-state index in [9.17, 15) is 18.0 Å². The van der Waals surface area contributed by atoms with Gasteiger partial charge in [-0.1, -0.05) is 42.5 Å². The summed E-state index contributed by atoms with van der Waals surface area (Å²) >= 11 is 0. The molecule has 0 aliphatic rings. The molecule has 0 radical (unpaired) electrons. The number of sulfonamides is 1. The minimum absolute atomic E-state index is 0.0540. The summed E-state index contributed by atoms with van der Waals surface area (Å²) in [7, 11) is -4.03. The molecule has 0 amide bonds. The zero-order chi connectivity index (χ0) is 19.2. The Hall–Kier alpha value is -2.71. The van der Waals surface area contributed by atoms with Gasteiger partial charge in [-0.25, -0.2) is 8.42 Å². The van der Waals surface area contributed by atoms with Gasteiger partial charge in [0.15, 0.2) is 0 Å². The van der Waals surface area contributed by atoms with E-state index in [1.807, 2.05) is 30.3 Å². The van der Waals surface area contributed by atoms with Crippen molar-refractivity contribution >= 4 is 22.0 Å². The van der Waals surface area contributed by atoms with Gasteiger partial charge in [0.1, 0.15) is 6.04 Å². The fourth-order valence-corrected chi connectivity index (χ4v) is 3.63. The lowest BCUT2D eigenvalue weighted by Crippen LogP contribution is -2.40. The Morgan fingerprint density at radius 3 is 2.04 bits per heavy atom. The Balaban J connectivity index is 2.12. The van der Waals surface area contributed by atoms with Gasteiger partial charge in [-0.05, 0) is 36.1 Å². The molecule has 0 spiro atoms. The smallest absolute Gasteiger partial charge is 0.321 e. The van der Waals surface area contributed by atoms with Gasteiger partial charge in [-0.3, -0.25) is 9.59 Å². The van der Waals surface area contributed by atoms with Crippen LogP contribution in [0.25, 0.3) is 11.1 Å². The van der Waals surface area contributed by atoms with Gasteiger partial charge < -0.3 is 10.2 Å². The molecule has 0 aliphatic heterocycles. The van der Waals surface area contributed by atoms with Crippen LogP contribution < -0.4 is 4.72 Å². The summed E-state index contributed by atoms with van der Waals surface area (Å²) in [5.74, 6) is -2.41. The van der Waals surface area contributed by atoms with Crippen LogP contribution in [-0.2, 0) is 19.6 Å².